The Kier molecular flexibility index (Phi) is 6.58. The molecule has 1 aromatic carbocycles. The Hall–Kier alpha value is -2.69. The van der Waals surface area contributed by atoms with Crippen molar-refractivity contribution >= 4 is 11.8 Å². The first kappa shape index (κ1) is 19.1. The van der Waals surface area contributed by atoms with Gasteiger partial charge in [0.05, 0.1) is 6.04 Å². The molecule has 2 heterocycles. The zero-order chi connectivity index (χ0) is 19.1. The van der Waals surface area contributed by atoms with Crippen molar-refractivity contribution < 1.29 is 9.59 Å². The maximum Gasteiger partial charge on any atom is 0.222 e. The van der Waals surface area contributed by atoms with Crippen LogP contribution in [0.5, 0.6) is 0 Å². The van der Waals surface area contributed by atoms with E-state index in [-0.39, 0.29) is 17.9 Å². The van der Waals surface area contributed by atoms with Gasteiger partial charge >= 0.3 is 0 Å². The second-order valence-electron chi connectivity index (χ2n) is 7.08. The minimum absolute atomic E-state index is 0.0443. The van der Waals surface area contributed by atoms with E-state index in [1.165, 1.54) is 0 Å². The Bertz CT molecular complexity index is 776. The molecule has 0 aliphatic carbocycles. The number of likely N-dealkylation sites (tertiary alicyclic amines) is 1. The van der Waals surface area contributed by atoms with Crippen LogP contribution in [0.3, 0.4) is 0 Å². The van der Waals surface area contributed by atoms with Gasteiger partial charge in [-0.15, -0.1) is 0 Å². The molecule has 2 amide bonds. The van der Waals surface area contributed by atoms with E-state index in [4.69, 9.17) is 0 Å². The van der Waals surface area contributed by atoms with Crippen molar-refractivity contribution in [1.29, 1.82) is 0 Å². The quantitative estimate of drug-likeness (QED) is 0.853. The highest BCUT2D eigenvalue weighted by Gasteiger charge is 2.21. The number of nitrogens with one attached hydrogen (secondary N) is 1. The van der Waals surface area contributed by atoms with Crippen molar-refractivity contribution in [3.05, 3.63) is 65.5 Å². The lowest BCUT2D eigenvalue weighted by Crippen LogP contribution is -2.36. The zero-order valence-electron chi connectivity index (χ0n) is 15.9. The van der Waals surface area contributed by atoms with Gasteiger partial charge in [-0.05, 0) is 48.6 Å². The molecule has 5 nitrogen and oxygen atoms in total. The van der Waals surface area contributed by atoms with E-state index in [9.17, 15) is 9.59 Å². The van der Waals surface area contributed by atoms with Crippen molar-refractivity contribution in [3.63, 3.8) is 0 Å². The van der Waals surface area contributed by atoms with Crippen LogP contribution in [0.25, 0.3) is 0 Å². The number of carbonyl (C=O) groups is 2. The summed E-state index contributed by atoms with van der Waals surface area (Å²) in [6.07, 6.45) is 7.47. The van der Waals surface area contributed by atoms with Crippen molar-refractivity contribution in [2.45, 2.75) is 45.1 Å². The van der Waals surface area contributed by atoms with Crippen molar-refractivity contribution in [1.82, 2.24) is 15.2 Å². The molecule has 0 bridgehead atoms. The molecule has 1 N–H and O–H groups in total. The van der Waals surface area contributed by atoms with E-state index in [1.807, 2.05) is 48.2 Å². The Morgan fingerprint density at radius 1 is 1.15 bits per heavy atom. The number of hydrogen-bond donors (Lipinski definition) is 1. The van der Waals surface area contributed by atoms with E-state index in [0.717, 1.165) is 42.5 Å². The summed E-state index contributed by atoms with van der Waals surface area (Å²) in [5.74, 6) is 0.127. The maximum atomic E-state index is 12.7. The van der Waals surface area contributed by atoms with Gasteiger partial charge in [0.1, 0.15) is 0 Å². The highest BCUT2D eigenvalue weighted by Crippen LogP contribution is 2.24. The Balaban J connectivity index is 1.69. The van der Waals surface area contributed by atoms with Crippen LogP contribution >= 0.6 is 0 Å². The third-order valence-electron chi connectivity index (χ3n) is 5.12. The smallest absolute Gasteiger partial charge is 0.222 e. The number of aromatic nitrogens is 1. The molecule has 0 unspecified atom stereocenters. The summed E-state index contributed by atoms with van der Waals surface area (Å²) >= 11 is 0. The first-order chi connectivity index (χ1) is 13.1. The molecule has 3 rings (SSSR count). The molecule has 0 saturated carbocycles. The van der Waals surface area contributed by atoms with Gasteiger partial charge < -0.3 is 10.2 Å². The SMILES string of the molecule is Cc1ccccc1[C@@H](NC(=O)CCN1CCCCCC1=O)c1ccncc1. The van der Waals surface area contributed by atoms with Crippen LogP contribution in [0.4, 0.5) is 0 Å². The largest absolute Gasteiger partial charge is 0.345 e. The molecule has 142 valence electrons. The first-order valence-corrected chi connectivity index (χ1v) is 9.68. The van der Waals surface area contributed by atoms with Gasteiger partial charge in [-0.3, -0.25) is 14.6 Å². The van der Waals surface area contributed by atoms with E-state index in [2.05, 4.69) is 10.3 Å². The molecule has 1 aromatic heterocycles. The summed E-state index contributed by atoms with van der Waals surface area (Å²) in [5.41, 5.74) is 3.20. The highest BCUT2D eigenvalue weighted by molar-refractivity contribution is 5.79. The number of pyridine rings is 1. The summed E-state index contributed by atoms with van der Waals surface area (Å²) in [6, 6.07) is 11.7. The third-order valence-corrected chi connectivity index (χ3v) is 5.12. The standard InChI is InChI=1S/C22H27N3O2/c1-17-7-4-5-8-19(17)22(18-10-13-23-14-11-18)24-20(26)12-16-25-15-6-2-3-9-21(25)27/h4-5,7-8,10-11,13-14,22H,2-3,6,9,12,15-16H2,1H3,(H,24,26)/t22-/m0/s1. The summed E-state index contributed by atoms with van der Waals surface area (Å²) in [6.45, 7) is 3.30. The molecule has 1 aliphatic heterocycles. The van der Waals surface area contributed by atoms with Gasteiger partial charge in [0.25, 0.3) is 0 Å². The lowest BCUT2D eigenvalue weighted by Gasteiger charge is -2.23. The van der Waals surface area contributed by atoms with E-state index >= 15 is 0 Å². The fourth-order valence-electron chi connectivity index (χ4n) is 3.55. The van der Waals surface area contributed by atoms with Gasteiger partial charge in [0.15, 0.2) is 0 Å². The minimum atomic E-state index is -0.221. The Morgan fingerprint density at radius 2 is 1.93 bits per heavy atom. The molecule has 0 radical (unpaired) electrons. The van der Waals surface area contributed by atoms with Crippen LogP contribution in [0.1, 0.15) is 54.8 Å². The molecular formula is C22H27N3O2. The normalized spacial score (nSPS) is 15.9. The molecule has 0 spiro atoms. The number of nitrogens with zero attached hydrogens (tertiary/aromatic N) is 2. The van der Waals surface area contributed by atoms with Crippen molar-refractivity contribution in [2.24, 2.45) is 0 Å². The second-order valence-corrected chi connectivity index (χ2v) is 7.08. The van der Waals surface area contributed by atoms with Gasteiger partial charge in [-0.25, -0.2) is 0 Å². The second kappa shape index (κ2) is 9.31. The lowest BCUT2D eigenvalue weighted by atomic mass is 9.95. The predicted molar refractivity (Wildman–Crippen MR) is 105 cm³/mol. The Morgan fingerprint density at radius 3 is 2.70 bits per heavy atom. The molecule has 1 fully saturated rings. The van der Waals surface area contributed by atoms with Crippen LogP contribution in [0.2, 0.25) is 0 Å². The van der Waals surface area contributed by atoms with Crippen molar-refractivity contribution in [2.75, 3.05) is 13.1 Å². The summed E-state index contributed by atoms with van der Waals surface area (Å²) < 4.78 is 0. The number of hydrogen-bond acceptors (Lipinski definition) is 3. The number of aryl methyl sites for hydroxylation is 1. The van der Waals surface area contributed by atoms with Gasteiger partial charge in [-0.1, -0.05) is 30.7 Å². The predicted octanol–water partition coefficient (Wildman–Crippen LogP) is 3.39. The molecule has 27 heavy (non-hydrogen) atoms. The average Bonchev–Trinajstić information content (AvgIpc) is 2.90. The van der Waals surface area contributed by atoms with Crippen LogP contribution < -0.4 is 5.32 Å². The van der Waals surface area contributed by atoms with E-state index in [1.54, 1.807) is 12.4 Å². The van der Waals surface area contributed by atoms with E-state index in [0.29, 0.717) is 19.4 Å². The summed E-state index contributed by atoms with van der Waals surface area (Å²) in [7, 11) is 0. The summed E-state index contributed by atoms with van der Waals surface area (Å²) in [5, 5.41) is 3.16. The highest BCUT2D eigenvalue weighted by atomic mass is 16.2. The van der Waals surface area contributed by atoms with Crippen LogP contribution in [0.15, 0.2) is 48.8 Å². The molecule has 2 aromatic rings. The molecule has 1 saturated heterocycles. The number of rotatable bonds is 6. The summed E-state index contributed by atoms with van der Waals surface area (Å²) in [4.78, 5) is 30.7. The lowest BCUT2D eigenvalue weighted by molar-refractivity contribution is -0.131. The monoisotopic (exact) mass is 365 g/mol. The van der Waals surface area contributed by atoms with Crippen molar-refractivity contribution in [3.8, 4) is 0 Å². The maximum absolute atomic E-state index is 12.7. The van der Waals surface area contributed by atoms with Gasteiger partial charge in [0.2, 0.25) is 11.8 Å². The van der Waals surface area contributed by atoms with Crippen LogP contribution in [-0.2, 0) is 9.59 Å². The molecule has 5 heteroatoms. The fraction of sp³-hybridized carbons (Fsp3) is 0.409. The van der Waals surface area contributed by atoms with E-state index < -0.39 is 0 Å². The van der Waals surface area contributed by atoms with Crippen LogP contribution in [-0.4, -0.2) is 34.8 Å². The topological polar surface area (TPSA) is 62.3 Å². The number of amides is 2. The zero-order valence-corrected chi connectivity index (χ0v) is 15.9. The average molecular weight is 365 g/mol. The fourth-order valence-corrected chi connectivity index (χ4v) is 3.55. The molecular weight excluding hydrogens is 338 g/mol. The van der Waals surface area contributed by atoms with Gasteiger partial charge in [0, 0.05) is 38.3 Å². The minimum Gasteiger partial charge on any atom is -0.345 e. The number of carbonyl (C=O) groups excluding carboxylic acids is 2. The van der Waals surface area contributed by atoms with Crippen LogP contribution in [0, 0.1) is 6.92 Å². The number of benzene rings is 1. The third kappa shape index (κ3) is 5.16. The molecule has 1 aliphatic rings. The Labute approximate surface area is 160 Å². The molecule has 1 atom stereocenters. The van der Waals surface area contributed by atoms with Gasteiger partial charge in [-0.2, -0.15) is 0 Å². The first-order valence-electron chi connectivity index (χ1n) is 9.68.